The van der Waals surface area contributed by atoms with Crippen LogP contribution >= 0.6 is 0 Å². The van der Waals surface area contributed by atoms with Gasteiger partial charge in [0.1, 0.15) is 11.3 Å². The summed E-state index contributed by atoms with van der Waals surface area (Å²) in [4.78, 5) is 24.8. The highest BCUT2D eigenvalue weighted by Crippen LogP contribution is 2.29. The van der Waals surface area contributed by atoms with Gasteiger partial charge >= 0.3 is 5.97 Å². The van der Waals surface area contributed by atoms with Crippen molar-refractivity contribution in [3.8, 4) is 5.75 Å². The SMILES string of the molecule is CCOc1ccccc1C(=O)O[C@H](C)C(=O)N[C@H]1CCC[C@H](C)[C@@H]1C. The minimum atomic E-state index is -0.841. The minimum Gasteiger partial charge on any atom is -0.493 e. The fourth-order valence-corrected chi connectivity index (χ4v) is 3.28. The van der Waals surface area contributed by atoms with Gasteiger partial charge in [-0.3, -0.25) is 4.79 Å². The molecule has 0 heterocycles. The van der Waals surface area contributed by atoms with E-state index in [2.05, 4.69) is 19.2 Å². The molecule has 1 aliphatic rings. The molecule has 5 heteroatoms. The third-order valence-corrected chi connectivity index (χ3v) is 5.09. The molecule has 5 nitrogen and oxygen atoms in total. The third kappa shape index (κ3) is 4.97. The van der Waals surface area contributed by atoms with Crippen LogP contribution in [-0.4, -0.2) is 30.6 Å². The van der Waals surface area contributed by atoms with Gasteiger partial charge in [-0.15, -0.1) is 0 Å². The summed E-state index contributed by atoms with van der Waals surface area (Å²) in [6, 6.07) is 7.05. The predicted molar refractivity (Wildman–Crippen MR) is 96.6 cm³/mol. The molecule has 0 saturated heterocycles. The van der Waals surface area contributed by atoms with Crippen LogP contribution in [-0.2, 0) is 9.53 Å². The van der Waals surface area contributed by atoms with E-state index in [-0.39, 0.29) is 11.9 Å². The van der Waals surface area contributed by atoms with Crippen molar-refractivity contribution >= 4 is 11.9 Å². The molecule has 1 aromatic rings. The van der Waals surface area contributed by atoms with Gasteiger partial charge in [-0.2, -0.15) is 0 Å². The summed E-state index contributed by atoms with van der Waals surface area (Å²) >= 11 is 0. The number of hydrogen-bond acceptors (Lipinski definition) is 4. The number of amides is 1. The number of para-hydroxylation sites is 1. The number of esters is 1. The molecule has 0 unspecified atom stereocenters. The highest BCUT2D eigenvalue weighted by atomic mass is 16.5. The molecule has 25 heavy (non-hydrogen) atoms. The van der Waals surface area contributed by atoms with E-state index in [1.807, 2.05) is 6.92 Å². The first-order valence-electron chi connectivity index (χ1n) is 9.17. The first kappa shape index (κ1) is 19.3. The zero-order valence-corrected chi connectivity index (χ0v) is 15.6. The summed E-state index contributed by atoms with van der Waals surface area (Å²) in [5.41, 5.74) is 0.337. The van der Waals surface area contributed by atoms with Crippen LogP contribution in [0.4, 0.5) is 0 Å². The molecular weight excluding hydrogens is 318 g/mol. The minimum absolute atomic E-state index is 0.146. The second-order valence-electron chi connectivity index (χ2n) is 6.86. The lowest BCUT2D eigenvalue weighted by Gasteiger charge is -2.35. The molecule has 4 atom stereocenters. The molecule has 1 N–H and O–H groups in total. The third-order valence-electron chi connectivity index (χ3n) is 5.09. The fraction of sp³-hybridized carbons (Fsp3) is 0.600. The molecule has 1 amide bonds. The molecular formula is C20H29NO4. The maximum absolute atomic E-state index is 12.4. The lowest BCUT2D eigenvalue weighted by molar-refractivity contribution is -0.130. The first-order chi connectivity index (χ1) is 11.9. The van der Waals surface area contributed by atoms with Gasteiger partial charge in [-0.1, -0.05) is 38.8 Å². The van der Waals surface area contributed by atoms with E-state index in [4.69, 9.17) is 9.47 Å². The van der Waals surface area contributed by atoms with Crippen molar-refractivity contribution in [2.24, 2.45) is 11.8 Å². The largest absolute Gasteiger partial charge is 0.493 e. The van der Waals surface area contributed by atoms with Gasteiger partial charge < -0.3 is 14.8 Å². The second-order valence-corrected chi connectivity index (χ2v) is 6.86. The predicted octanol–water partition coefficient (Wildman–Crippen LogP) is 3.57. The van der Waals surface area contributed by atoms with E-state index in [0.29, 0.717) is 29.8 Å². The average Bonchev–Trinajstić information content (AvgIpc) is 2.59. The van der Waals surface area contributed by atoms with Gasteiger partial charge in [0.15, 0.2) is 6.10 Å². The number of ether oxygens (including phenoxy) is 2. The number of carbonyl (C=O) groups is 2. The van der Waals surface area contributed by atoms with Crippen LogP contribution in [0, 0.1) is 11.8 Å². The van der Waals surface area contributed by atoms with Gasteiger partial charge in [-0.25, -0.2) is 4.79 Å². The van der Waals surface area contributed by atoms with E-state index in [9.17, 15) is 9.59 Å². The Balaban J connectivity index is 1.95. The van der Waals surface area contributed by atoms with E-state index in [1.165, 1.54) is 6.42 Å². The van der Waals surface area contributed by atoms with Crippen molar-refractivity contribution in [2.45, 2.75) is 59.1 Å². The fourth-order valence-electron chi connectivity index (χ4n) is 3.28. The lowest BCUT2D eigenvalue weighted by atomic mass is 9.78. The number of nitrogens with one attached hydrogen (secondary N) is 1. The molecule has 0 spiro atoms. The Morgan fingerprint density at radius 2 is 1.96 bits per heavy atom. The van der Waals surface area contributed by atoms with Crippen molar-refractivity contribution in [3.63, 3.8) is 0 Å². The Morgan fingerprint density at radius 1 is 1.24 bits per heavy atom. The van der Waals surface area contributed by atoms with Gasteiger partial charge in [0, 0.05) is 6.04 Å². The van der Waals surface area contributed by atoms with E-state index in [0.717, 1.165) is 12.8 Å². The smallest absolute Gasteiger partial charge is 0.342 e. The summed E-state index contributed by atoms with van der Waals surface area (Å²) < 4.78 is 10.8. The molecule has 1 aliphatic carbocycles. The standard InChI is InChI=1S/C20H29NO4/c1-5-24-18-12-7-6-10-16(18)20(23)25-15(4)19(22)21-17-11-8-9-13(2)14(17)3/h6-7,10,12-15,17H,5,8-9,11H2,1-4H3,(H,21,22)/t13-,14-,15+,17-/m0/s1. The summed E-state index contributed by atoms with van der Waals surface area (Å²) in [5.74, 6) is 0.705. The van der Waals surface area contributed by atoms with Crippen molar-refractivity contribution in [1.29, 1.82) is 0 Å². The molecule has 1 saturated carbocycles. The highest BCUT2D eigenvalue weighted by molar-refractivity contribution is 5.94. The van der Waals surface area contributed by atoms with Gasteiger partial charge in [-0.05, 0) is 44.2 Å². The molecule has 0 bridgehead atoms. The zero-order chi connectivity index (χ0) is 18.4. The van der Waals surface area contributed by atoms with E-state index in [1.54, 1.807) is 31.2 Å². The summed E-state index contributed by atoms with van der Waals surface area (Å²) in [7, 11) is 0. The quantitative estimate of drug-likeness (QED) is 0.799. The molecule has 1 aromatic carbocycles. The van der Waals surface area contributed by atoms with E-state index >= 15 is 0 Å². The van der Waals surface area contributed by atoms with Crippen molar-refractivity contribution in [1.82, 2.24) is 5.32 Å². The summed E-state index contributed by atoms with van der Waals surface area (Å²) in [5, 5.41) is 3.05. The molecule has 0 aromatic heterocycles. The molecule has 0 aliphatic heterocycles. The van der Waals surface area contributed by atoms with Crippen LogP contribution in [0.1, 0.15) is 57.3 Å². The Hall–Kier alpha value is -2.04. The number of hydrogen-bond donors (Lipinski definition) is 1. The van der Waals surface area contributed by atoms with Crippen LogP contribution in [0.15, 0.2) is 24.3 Å². The summed E-state index contributed by atoms with van der Waals surface area (Å²) in [6.07, 6.45) is 2.45. The van der Waals surface area contributed by atoms with Crippen LogP contribution in [0.25, 0.3) is 0 Å². The Bertz CT molecular complexity index is 601. The molecule has 0 radical (unpaired) electrons. The summed E-state index contributed by atoms with van der Waals surface area (Å²) in [6.45, 7) is 8.30. The van der Waals surface area contributed by atoms with Gasteiger partial charge in [0.2, 0.25) is 0 Å². The van der Waals surface area contributed by atoms with Crippen molar-refractivity contribution in [2.75, 3.05) is 6.61 Å². The molecule has 138 valence electrons. The van der Waals surface area contributed by atoms with Crippen LogP contribution in [0.3, 0.4) is 0 Å². The number of benzene rings is 1. The van der Waals surface area contributed by atoms with Crippen LogP contribution in [0.2, 0.25) is 0 Å². The van der Waals surface area contributed by atoms with Crippen LogP contribution < -0.4 is 10.1 Å². The Labute approximate surface area is 150 Å². The maximum Gasteiger partial charge on any atom is 0.342 e. The van der Waals surface area contributed by atoms with E-state index < -0.39 is 12.1 Å². The monoisotopic (exact) mass is 347 g/mol. The molecule has 2 rings (SSSR count). The van der Waals surface area contributed by atoms with Crippen molar-refractivity contribution in [3.05, 3.63) is 29.8 Å². The van der Waals surface area contributed by atoms with Gasteiger partial charge in [0.25, 0.3) is 5.91 Å². The first-order valence-corrected chi connectivity index (χ1v) is 9.17. The Morgan fingerprint density at radius 3 is 2.68 bits per heavy atom. The average molecular weight is 347 g/mol. The molecule has 1 fully saturated rings. The topological polar surface area (TPSA) is 64.6 Å². The van der Waals surface area contributed by atoms with Gasteiger partial charge in [0.05, 0.1) is 6.61 Å². The van der Waals surface area contributed by atoms with Crippen LogP contribution in [0.5, 0.6) is 5.75 Å². The number of carbonyl (C=O) groups excluding carboxylic acids is 2. The Kier molecular flexibility index (Phi) is 6.85. The lowest BCUT2D eigenvalue weighted by Crippen LogP contribution is -2.47. The zero-order valence-electron chi connectivity index (χ0n) is 15.6. The normalized spacial score (nSPS) is 24.2. The van der Waals surface area contributed by atoms with Crippen molar-refractivity contribution < 1.29 is 19.1 Å². The second kappa shape index (κ2) is 8.88. The number of rotatable bonds is 6. The maximum atomic E-state index is 12.4. The highest BCUT2D eigenvalue weighted by Gasteiger charge is 2.30.